The van der Waals surface area contributed by atoms with Crippen molar-refractivity contribution >= 4 is 27.6 Å². The number of sulfonamides is 1. The third-order valence-electron chi connectivity index (χ3n) is 2.32. The number of benzene rings is 1. The van der Waals surface area contributed by atoms with E-state index < -0.39 is 28.6 Å². The molecule has 20 heavy (non-hydrogen) atoms. The number of methoxy groups -OCH3 is 1. The van der Waals surface area contributed by atoms with Crippen LogP contribution in [-0.2, 0) is 19.6 Å². The molecule has 1 rings (SSSR count). The van der Waals surface area contributed by atoms with E-state index in [2.05, 4.69) is 4.74 Å². The van der Waals surface area contributed by atoms with Crippen molar-refractivity contribution in [3.8, 4) is 6.07 Å². The van der Waals surface area contributed by atoms with Gasteiger partial charge >= 0.3 is 5.97 Å². The van der Waals surface area contributed by atoms with Gasteiger partial charge < -0.3 is 9.84 Å². The number of carbonyl (C=O) groups is 1. The monoisotopic (exact) mass is 318 g/mol. The van der Waals surface area contributed by atoms with Crippen LogP contribution in [-0.4, -0.2) is 39.3 Å². The van der Waals surface area contributed by atoms with Crippen molar-refractivity contribution in [2.24, 2.45) is 0 Å². The smallest absolute Gasteiger partial charge is 0.326 e. The molecule has 1 aromatic rings. The van der Waals surface area contributed by atoms with Crippen LogP contribution in [0.2, 0.25) is 5.02 Å². The van der Waals surface area contributed by atoms with Crippen molar-refractivity contribution in [1.29, 1.82) is 5.26 Å². The Labute approximate surface area is 120 Å². The van der Waals surface area contributed by atoms with Crippen molar-refractivity contribution in [2.75, 3.05) is 13.7 Å². The molecule has 108 valence electrons. The molecule has 0 spiro atoms. The molecule has 0 bridgehead atoms. The molecule has 0 aromatic heterocycles. The summed E-state index contributed by atoms with van der Waals surface area (Å²) in [5, 5.41) is 17.5. The first kappa shape index (κ1) is 16.4. The van der Waals surface area contributed by atoms with E-state index in [4.69, 9.17) is 22.0 Å². The van der Waals surface area contributed by atoms with Crippen LogP contribution in [0.5, 0.6) is 0 Å². The van der Waals surface area contributed by atoms with Gasteiger partial charge in [0.1, 0.15) is 10.9 Å². The Hall–Kier alpha value is -1.66. The van der Waals surface area contributed by atoms with Crippen LogP contribution in [0.15, 0.2) is 23.1 Å². The number of rotatable bonds is 5. The molecule has 1 unspecified atom stereocenters. The molecular weight excluding hydrogens is 308 g/mol. The average Bonchev–Trinajstić information content (AvgIpc) is 2.43. The highest BCUT2D eigenvalue weighted by molar-refractivity contribution is 7.89. The number of halogens is 1. The zero-order chi connectivity index (χ0) is 15.3. The minimum atomic E-state index is -4.13. The number of aliphatic hydroxyl groups excluding tert-OH is 1. The Morgan fingerprint density at radius 2 is 2.25 bits per heavy atom. The van der Waals surface area contributed by atoms with Crippen LogP contribution in [0.1, 0.15) is 5.56 Å². The second-order valence-corrected chi connectivity index (χ2v) is 5.73. The standard InChI is InChI=1S/C11H11ClN2O5S/c1-19-11(16)9(6-15)14-20(17,18)10-3-2-7(5-13)4-8(10)12/h2-4,9,14-15H,6H2,1H3. The van der Waals surface area contributed by atoms with E-state index in [1.807, 2.05) is 10.8 Å². The first-order chi connectivity index (χ1) is 9.35. The fourth-order valence-electron chi connectivity index (χ4n) is 1.34. The highest BCUT2D eigenvalue weighted by atomic mass is 35.5. The normalized spacial score (nSPS) is 12.5. The van der Waals surface area contributed by atoms with E-state index in [0.29, 0.717) is 0 Å². The molecular formula is C11H11ClN2O5S. The molecule has 0 aliphatic heterocycles. The summed E-state index contributed by atoms with van der Waals surface area (Å²) in [6, 6.07) is 3.97. The summed E-state index contributed by atoms with van der Waals surface area (Å²) in [5.74, 6) is -0.930. The Balaban J connectivity index is 3.11. The topological polar surface area (TPSA) is 116 Å². The molecule has 2 N–H and O–H groups in total. The molecule has 0 saturated carbocycles. The Kier molecular flexibility index (Phi) is 5.47. The van der Waals surface area contributed by atoms with Gasteiger partial charge in [0.05, 0.1) is 30.4 Å². The number of hydrogen-bond donors (Lipinski definition) is 2. The summed E-state index contributed by atoms with van der Waals surface area (Å²) >= 11 is 5.78. The second kappa shape index (κ2) is 6.67. The molecule has 0 fully saturated rings. The molecule has 0 aliphatic carbocycles. The van der Waals surface area contributed by atoms with E-state index >= 15 is 0 Å². The number of ether oxygens (including phenoxy) is 1. The summed E-state index contributed by atoms with van der Waals surface area (Å²) in [5.41, 5.74) is 0.195. The Morgan fingerprint density at radius 1 is 1.60 bits per heavy atom. The van der Waals surface area contributed by atoms with Gasteiger partial charge in [0.25, 0.3) is 0 Å². The fraction of sp³-hybridized carbons (Fsp3) is 0.273. The molecule has 0 saturated heterocycles. The zero-order valence-electron chi connectivity index (χ0n) is 10.3. The summed E-state index contributed by atoms with van der Waals surface area (Å²) in [4.78, 5) is 10.9. The van der Waals surface area contributed by atoms with Crippen LogP contribution in [0.3, 0.4) is 0 Å². The van der Waals surface area contributed by atoms with Gasteiger partial charge in [0.2, 0.25) is 10.0 Å². The lowest BCUT2D eigenvalue weighted by atomic mass is 10.2. The van der Waals surface area contributed by atoms with Gasteiger partial charge in [-0.15, -0.1) is 0 Å². The highest BCUT2D eigenvalue weighted by Gasteiger charge is 2.27. The van der Waals surface area contributed by atoms with E-state index in [1.165, 1.54) is 12.1 Å². The predicted molar refractivity (Wildman–Crippen MR) is 69.4 cm³/mol. The number of carbonyl (C=O) groups excluding carboxylic acids is 1. The van der Waals surface area contributed by atoms with Gasteiger partial charge in [-0.1, -0.05) is 11.6 Å². The van der Waals surface area contributed by atoms with Gasteiger partial charge in [0, 0.05) is 0 Å². The first-order valence-electron chi connectivity index (χ1n) is 5.26. The van der Waals surface area contributed by atoms with Crippen LogP contribution in [0, 0.1) is 11.3 Å². The largest absolute Gasteiger partial charge is 0.468 e. The number of esters is 1. The molecule has 1 aromatic carbocycles. The van der Waals surface area contributed by atoms with Crippen molar-refractivity contribution in [3.05, 3.63) is 28.8 Å². The number of hydrogen-bond acceptors (Lipinski definition) is 6. The lowest BCUT2D eigenvalue weighted by Gasteiger charge is -2.14. The van der Waals surface area contributed by atoms with Gasteiger partial charge in [-0.05, 0) is 18.2 Å². The first-order valence-corrected chi connectivity index (χ1v) is 7.12. The SMILES string of the molecule is COC(=O)C(CO)NS(=O)(=O)c1ccc(C#N)cc1Cl. The average molecular weight is 319 g/mol. The van der Waals surface area contributed by atoms with Crippen molar-refractivity contribution in [2.45, 2.75) is 10.9 Å². The van der Waals surface area contributed by atoms with Gasteiger partial charge in [-0.3, -0.25) is 4.79 Å². The predicted octanol–water partition coefficient (Wildman–Crippen LogP) is 0.0239. The minimum Gasteiger partial charge on any atom is -0.468 e. The molecule has 0 radical (unpaired) electrons. The summed E-state index contributed by atoms with van der Waals surface area (Å²) in [7, 11) is -3.07. The van der Waals surface area contributed by atoms with Crippen LogP contribution in [0.4, 0.5) is 0 Å². The summed E-state index contributed by atoms with van der Waals surface area (Å²) in [6.07, 6.45) is 0. The summed E-state index contributed by atoms with van der Waals surface area (Å²) in [6.45, 7) is -0.764. The maximum absolute atomic E-state index is 12.0. The minimum absolute atomic E-state index is 0.168. The number of nitrogens with one attached hydrogen (secondary N) is 1. The molecule has 1 atom stereocenters. The Morgan fingerprint density at radius 3 is 2.70 bits per heavy atom. The summed E-state index contributed by atoms with van der Waals surface area (Å²) < 4.78 is 30.4. The van der Waals surface area contributed by atoms with Crippen molar-refractivity contribution in [1.82, 2.24) is 4.72 Å². The molecule has 0 amide bonds. The van der Waals surface area contributed by atoms with Crippen molar-refractivity contribution < 1.29 is 23.1 Å². The molecule has 0 aliphatic rings. The molecule has 0 heterocycles. The second-order valence-electron chi connectivity index (χ2n) is 3.64. The molecule has 7 nitrogen and oxygen atoms in total. The van der Waals surface area contributed by atoms with Crippen LogP contribution >= 0.6 is 11.6 Å². The third kappa shape index (κ3) is 3.68. The quantitative estimate of drug-likeness (QED) is 0.739. The molecule has 9 heteroatoms. The van der Waals surface area contributed by atoms with E-state index in [9.17, 15) is 13.2 Å². The maximum Gasteiger partial charge on any atom is 0.326 e. The lowest BCUT2D eigenvalue weighted by Crippen LogP contribution is -2.44. The zero-order valence-corrected chi connectivity index (χ0v) is 11.9. The van der Waals surface area contributed by atoms with Gasteiger partial charge in [-0.2, -0.15) is 9.98 Å². The third-order valence-corrected chi connectivity index (χ3v) is 4.27. The number of nitrogens with zero attached hydrogens (tertiary/aromatic N) is 1. The van der Waals surface area contributed by atoms with Gasteiger partial charge in [-0.25, -0.2) is 8.42 Å². The van der Waals surface area contributed by atoms with Gasteiger partial charge in [0.15, 0.2) is 0 Å². The van der Waals surface area contributed by atoms with Crippen molar-refractivity contribution in [3.63, 3.8) is 0 Å². The number of aliphatic hydroxyl groups is 1. The van der Waals surface area contributed by atoms with E-state index in [0.717, 1.165) is 13.2 Å². The fourth-order valence-corrected chi connectivity index (χ4v) is 3.06. The van der Waals surface area contributed by atoms with E-state index in [1.54, 1.807) is 0 Å². The van der Waals surface area contributed by atoms with Crippen LogP contribution < -0.4 is 4.72 Å². The number of nitriles is 1. The highest BCUT2D eigenvalue weighted by Crippen LogP contribution is 2.22. The van der Waals surface area contributed by atoms with E-state index in [-0.39, 0.29) is 15.5 Å². The Bertz CT molecular complexity index is 653. The lowest BCUT2D eigenvalue weighted by molar-refractivity contribution is -0.143. The maximum atomic E-state index is 12.0. The van der Waals surface area contributed by atoms with Crippen LogP contribution in [0.25, 0.3) is 0 Å².